The first-order chi connectivity index (χ1) is 8.54. The molecule has 1 aromatic heterocycles. The maximum Gasteiger partial charge on any atom is 0.344 e. The minimum absolute atomic E-state index is 0.169. The predicted octanol–water partition coefficient (Wildman–Crippen LogP) is -0.726. The molecule has 1 rings (SSSR count). The van der Waals surface area contributed by atoms with Gasteiger partial charge in [0.05, 0.1) is 5.75 Å². The zero-order chi connectivity index (χ0) is 13.5. The Morgan fingerprint density at radius 2 is 2.28 bits per heavy atom. The number of aromatic amines is 1. The first-order valence-corrected chi connectivity index (χ1v) is 6.29. The Hall–Kier alpha value is -1.77. The van der Waals surface area contributed by atoms with Crippen LogP contribution >= 0.6 is 11.8 Å². The van der Waals surface area contributed by atoms with Crippen molar-refractivity contribution < 1.29 is 14.7 Å². The van der Waals surface area contributed by atoms with Crippen LogP contribution in [0.3, 0.4) is 0 Å². The molecule has 1 aromatic rings. The second-order valence-electron chi connectivity index (χ2n) is 3.43. The number of carboxylic acid groups (broad SMARTS) is 1. The highest BCUT2D eigenvalue weighted by molar-refractivity contribution is 7.99. The van der Waals surface area contributed by atoms with E-state index in [9.17, 15) is 14.4 Å². The number of thioether (sulfide) groups is 1. The van der Waals surface area contributed by atoms with Crippen molar-refractivity contribution in [2.75, 3.05) is 12.3 Å². The molecule has 0 aliphatic carbocycles. The van der Waals surface area contributed by atoms with E-state index in [2.05, 4.69) is 15.5 Å². The summed E-state index contributed by atoms with van der Waals surface area (Å²) in [4.78, 5) is 33.3. The first kappa shape index (κ1) is 14.3. The number of aromatic nitrogens is 3. The first-order valence-electron chi connectivity index (χ1n) is 5.31. The Labute approximate surface area is 107 Å². The van der Waals surface area contributed by atoms with Crippen molar-refractivity contribution in [1.82, 2.24) is 20.1 Å². The summed E-state index contributed by atoms with van der Waals surface area (Å²) in [6.07, 6.45) is 0.798. The van der Waals surface area contributed by atoms with E-state index in [1.54, 1.807) is 0 Å². The van der Waals surface area contributed by atoms with Gasteiger partial charge in [0.2, 0.25) is 5.91 Å². The number of H-pyrrole nitrogens is 1. The summed E-state index contributed by atoms with van der Waals surface area (Å²) in [6.45, 7) is 2.28. The third-order valence-electron chi connectivity index (χ3n) is 1.92. The average Bonchev–Trinajstić information content (AvgIpc) is 2.66. The van der Waals surface area contributed by atoms with E-state index in [0.717, 1.165) is 22.7 Å². The lowest BCUT2D eigenvalue weighted by Gasteiger charge is -2.05. The molecule has 18 heavy (non-hydrogen) atoms. The molecule has 0 radical (unpaired) electrons. The van der Waals surface area contributed by atoms with Crippen LogP contribution in [0, 0.1) is 0 Å². The molecule has 9 heteroatoms. The van der Waals surface area contributed by atoms with Gasteiger partial charge >= 0.3 is 11.7 Å². The van der Waals surface area contributed by atoms with Crippen LogP contribution in [-0.4, -0.2) is 44.0 Å². The van der Waals surface area contributed by atoms with Crippen LogP contribution in [0.15, 0.2) is 9.95 Å². The van der Waals surface area contributed by atoms with Crippen LogP contribution < -0.4 is 11.0 Å². The van der Waals surface area contributed by atoms with Crippen LogP contribution in [0.2, 0.25) is 0 Å². The summed E-state index contributed by atoms with van der Waals surface area (Å²) in [5, 5.41) is 17.2. The lowest BCUT2D eigenvalue weighted by molar-refractivity contribution is -0.133. The number of nitrogens with one attached hydrogen (secondary N) is 2. The molecule has 0 atom stereocenters. The van der Waals surface area contributed by atoms with Crippen molar-refractivity contribution in [1.29, 1.82) is 0 Å². The van der Waals surface area contributed by atoms with Gasteiger partial charge in [-0.15, -0.1) is 5.10 Å². The molecule has 0 spiro atoms. The number of rotatable bonds is 7. The highest BCUT2D eigenvalue weighted by atomic mass is 32.2. The number of nitrogens with zero attached hydrogens (tertiary/aromatic N) is 2. The monoisotopic (exact) mass is 274 g/mol. The molecule has 0 aromatic carbocycles. The third-order valence-corrected chi connectivity index (χ3v) is 2.88. The summed E-state index contributed by atoms with van der Waals surface area (Å²) < 4.78 is 1.11. The maximum absolute atomic E-state index is 11.5. The topological polar surface area (TPSA) is 117 Å². The van der Waals surface area contributed by atoms with Gasteiger partial charge in [0, 0.05) is 6.54 Å². The number of amides is 1. The zero-order valence-electron chi connectivity index (χ0n) is 9.80. The predicted molar refractivity (Wildman–Crippen MR) is 64.5 cm³/mol. The molecule has 0 saturated heterocycles. The van der Waals surface area contributed by atoms with Gasteiger partial charge in [-0.1, -0.05) is 18.7 Å². The van der Waals surface area contributed by atoms with E-state index < -0.39 is 11.7 Å². The fraction of sp³-hybridized carbons (Fsp3) is 0.556. The van der Waals surface area contributed by atoms with E-state index in [1.807, 2.05) is 6.92 Å². The largest absolute Gasteiger partial charge is 0.481 e. The van der Waals surface area contributed by atoms with Crippen LogP contribution in [-0.2, 0) is 16.1 Å². The number of carbonyl (C=O) groups is 2. The normalized spacial score (nSPS) is 10.3. The van der Waals surface area contributed by atoms with Crippen LogP contribution in [0.4, 0.5) is 0 Å². The molecule has 1 amide bonds. The molecule has 1 heterocycles. The number of carbonyl (C=O) groups excluding carboxylic acids is 1. The molecular weight excluding hydrogens is 260 g/mol. The number of carboxylic acids is 1. The second-order valence-corrected chi connectivity index (χ2v) is 4.37. The Morgan fingerprint density at radius 3 is 2.89 bits per heavy atom. The van der Waals surface area contributed by atoms with Crippen LogP contribution in [0.5, 0.6) is 0 Å². The minimum atomic E-state index is -1.02. The van der Waals surface area contributed by atoms with Gasteiger partial charge in [0.15, 0.2) is 5.16 Å². The molecule has 0 aliphatic heterocycles. The number of hydrogen-bond donors (Lipinski definition) is 3. The SMILES string of the molecule is CCCNC(=O)Cn1c(SCC(=O)O)n[nH]c1=O. The van der Waals surface area contributed by atoms with E-state index in [0.29, 0.717) is 6.54 Å². The standard InChI is InChI=1S/C9H14N4O4S/c1-2-3-10-6(14)4-13-8(17)11-12-9(13)18-5-7(15)16/h2-5H2,1H3,(H,10,14)(H,11,17)(H,15,16). The number of aliphatic carboxylic acids is 1. The molecule has 0 bridgehead atoms. The Bertz CT molecular complexity index is 481. The molecule has 3 N–H and O–H groups in total. The molecule has 100 valence electrons. The van der Waals surface area contributed by atoms with Crippen molar-refractivity contribution in [3.8, 4) is 0 Å². The summed E-state index contributed by atoms with van der Waals surface area (Å²) >= 11 is 0.883. The Morgan fingerprint density at radius 1 is 1.56 bits per heavy atom. The molecule has 0 aliphatic rings. The number of hydrogen-bond acceptors (Lipinski definition) is 5. The van der Waals surface area contributed by atoms with Crippen molar-refractivity contribution in [2.24, 2.45) is 0 Å². The molecular formula is C9H14N4O4S. The van der Waals surface area contributed by atoms with E-state index in [4.69, 9.17) is 5.11 Å². The van der Waals surface area contributed by atoms with E-state index in [-0.39, 0.29) is 23.4 Å². The van der Waals surface area contributed by atoms with Gasteiger partial charge in [-0.25, -0.2) is 9.89 Å². The van der Waals surface area contributed by atoms with Gasteiger partial charge in [-0.3, -0.25) is 14.2 Å². The zero-order valence-corrected chi connectivity index (χ0v) is 10.6. The minimum Gasteiger partial charge on any atom is -0.481 e. The Balaban J connectivity index is 2.69. The van der Waals surface area contributed by atoms with E-state index in [1.165, 1.54) is 0 Å². The van der Waals surface area contributed by atoms with Crippen molar-refractivity contribution in [3.63, 3.8) is 0 Å². The van der Waals surface area contributed by atoms with E-state index >= 15 is 0 Å². The van der Waals surface area contributed by atoms with Gasteiger partial charge in [-0.05, 0) is 6.42 Å². The van der Waals surface area contributed by atoms with Gasteiger partial charge < -0.3 is 10.4 Å². The lowest BCUT2D eigenvalue weighted by Crippen LogP contribution is -2.32. The average molecular weight is 274 g/mol. The fourth-order valence-electron chi connectivity index (χ4n) is 1.14. The molecule has 0 unspecified atom stereocenters. The summed E-state index contributed by atoms with van der Waals surface area (Å²) in [5.41, 5.74) is -0.533. The second kappa shape index (κ2) is 6.84. The molecule has 0 saturated carbocycles. The highest BCUT2D eigenvalue weighted by Crippen LogP contribution is 2.12. The smallest absolute Gasteiger partial charge is 0.344 e. The summed E-state index contributed by atoms with van der Waals surface area (Å²) in [6, 6.07) is 0. The molecule has 8 nitrogen and oxygen atoms in total. The van der Waals surface area contributed by atoms with Gasteiger partial charge in [-0.2, -0.15) is 0 Å². The third kappa shape index (κ3) is 4.24. The maximum atomic E-state index is 11.5. The lowest BCUT2D eigenvalue weighted by atomic mass is 10.4. The Kier molecular flexibility index (Phi) is 5.43. The van der Waals surface area contributed by atoms with Gasteiger partial charge in [0.25, 0.3) is 0 Å². The van der Waals surface area contributed by atoms with Crippen molar-refractivity contribution >= 4 is 23.6 Å². The highest BCUT2D eigenvalue weighted by Gasteiger charge is 2.13. The fourth-order valence-corrected chi connectivity index (χ4v) is 1.81. The van der Waals surface area contributed by atoms with Crippen LogP contribution in [0.1, 0.15) is 13.3 Å². The summed E-state index contributed by atoms with van der Waals surface area (Å²) in [7, 11) is 0. The van der Waals surface area contributed by atoms with Gasteiger partial charge in [0.1, 0.15) is 6.54 Å². The van der Waals surface area contributed by atoms with Crippen molar-refractivity contribution in [3.05, 3.63) is 10.5 Å². The van der Waals surface area contributed by atoms with Crippen LogP contribution in [0.25, 0.3) is 0 Å². The quantitative estimate of drug-likeness (QED) is 0.565. The van der Waals surface area contributed by atoms with Crippen molar-refractivity contribution in [2.45, 2.75) is 25.0 Å². The summed E-state index contributed by atoms with van der Waals surface area (Å²) in [5.74, 6) is -1.55. The molecule has 0 fully saturated rings.